The highest BCUT2D eigenvalue weighted by Crippen LogP contribution is 2.44. The molecule has 2 atom stereocenters. The van der Waals surface area contributed by atoms with Crippen molar-refractivity contribution in [1.82, 2.24) is 0 Å². The number of nitriles is 1. The summed E-state index contributed by atoms with van der Waals surface area (Å²) in [5.74, 6) is 1.08. The molecule has 0 saturated heterocycles. The van der Waals surface area contributed by atoms with Gasteiger partial charge in [-0.15, -0.1) is 0 Å². The number of ether oxygens (including phenoxy) is 4. The Labute approximate surface area is 201 Å². The van der Waals surface area contributed by atoms with E-state index in [4.69, 9.17) is 24.2 Å². The minimum absolute atomic E-state index is 0.0717. The van der Waals surface area contributed by atoms with Crippen molar-refractivity contribution < 1.29 is 33.2 Å². The highest BCUT2D eigenvalue weighted by molar-refractivity contribution is 5.71. The molecule has 0 bridgehead atoms. The number of hydrogen-bond donors (Lipinski definition) is 1. The van der Waals surface area contributed by atoms with Gasteiger partial charge in [-0.3, -0.25) is 4.79 Å². The van der Waals surface area contributed by atoms with Gasteiger partial charge >= 0.3 is 5.97 Å². The molecule has 35 heavy (non-hydrogen) atoms. The number of phenols is 1. The lowest BCUT2D eigenvalue weighted by atomic mass is 9.98. The standard InChI is InChI=1S/C27H22FNO6/c1-32-26(31)10-16-14-33-25-12-18(4-5-19(16)25)35-24-8-6-20-23(9-7-21(28)27(20)24)34-17-3-2-15(13-29)22(30)11-17/h2-5,7,9,11-12,16,24,30H,6,8,10,14H2,1H3/t16-,24-/m1/s1. The van der Waals surface area contributed by atoms with E-state index in [0.29, 0.717) is 53.6 Å². The fourth-order valence-electron chi connectivity index (χ4n) is 4.60. The highest BCUT2D eigenvalue weighted by atomic mass is 19.1. The summed E-state index contributed by atoms with van der Waals surface area (Å²) >= 11 is 0. The fraction of sp³-hybridized carbons (Fsp3) is 0.259. The van der Waals surface area contributed by atoms with Crippen LogP contribution < -0.4 is 14.2 Å². The SMILES string of the molecule is COC(=O)C[C@@H]1COc2cc(O[C@@H]3CCc4c(Oc5ccc(C#N)c(O)c5)ccc(F)c43)ccc21. The number of hydrogen-bond acceptors (Lipinski definition) is 7. The van der Waals surface area contributed by atoms with E-state index in [0.717, 1.165) is 5.56 Å². The van der Waals surface area contributed by atoms with Crippen LogP contribution in [-0.4, -0.2) is 24.8 Å². The lowest BCUT2D eigenvalue weighted by molar-refractivity contribution is -0.141. The van der Waals surface area contributed by atoms with E-state index >= 15 is 0 Å². The molecule has 1 heterocycles. The number of halogens is 1. The maximum Gasteiger partial charge on any atom is 0.306 e. The van der Waals surface area contributed by atoms with Gasteiger partial charge in [0.1, 0.15) is 46.7 Å². The van der Waals surface area contributed by atoms with Crippen molar-refractivity contribution in [2.24, 2.45) is 0 Å². The average molecular weight is 475 g/mol. The summed E-state index contributed by atoms with van der Waals surface area (Å²) < 4.78 is 37.4. The molecule has 0 spiro atoms. The summed E-state index contributed by atoms with van der Waals surface area (Å²) in [4.78, 5) is 11.6. The molecule has 1 N–H and O–H groups in total. The lowest BCUT2D eigenvalue weighted by Crippen LogP contribution is -2.09. The normalized spacial score (nSPS) is 17.6. The quantitative estimate of drug-likeness (QED) is 0.483. The number of phenolic OH excluding ortho intramolecular Hbond substituents is 1. The molecule has 3 aromatic rings. The van der Waals surface area contributed by atoms with E-state index in [1.165, 1.54) is 25.3 Å². The van der Waals surface area contributed by atoms with E-state index in [1.54, 1.807) is 24.3 Å². The summed E-state index contributed by atoms with van der Waals surface area (Å²) in [5, 5.41) is 18.9. The smallest absolute Gasteiger partial charge is 0.306 e. The van der Waals surface area contributed by atoms with Crippen LogP contribution in [0.25, 0.3) is 0 Å². The Morgan fingerprint density at radius 3 is 2.80 bits per heavy atom. The molecule has 8 heteroatoms. The number of rotatable bonds is 6. The van der Waals surface area contributed by atoms with Gasteiger partial charge in [-0.1, -0.05) is 6.07 Å². The van der Waals surface area contributed by atoms with Crippen molar-refractivity contribution in [3.8, 4) is 34.8 Å². The predicted octanol–water partition coefficient (Wildman–Crippen LogP) is 5.30. The first-order chi connectivity index (χ1) is 17.0. The minimum atomic E-state index is -0.506. The Morgan fingerprint density at radius 1 is 1.20 bits per heavy atom. The molecule has 5 rings (SSSR count). The van der Waals surface area contributed by atoms with Crippen molar-refractivity contribution in [2.75, 3.05) is 13.7 Å². The molecule has 2 aliphatic rings. The van der Waals surface area contributed by atoms with Crippen LogP contribution in [0.5, 0.6) is 28.7 Å². The summed E-state index contributed by atoms with van der Waals surface area (Å²) in [6.45, 7) is 0.389. The first-order valence-corrected chi connectivity index (χ1v) is 11.2. The molecule has 1 aliphatic heterocycles. The lowest BCUT2D eigenvalue weighted by Gasteiger charge is -2.17. The molecule has 0 amide bonds. The van der Waals surface area contributed by atoms with E-state index in [9.17, 15) is 14.3 Å². The number of aromatic hydroxyl groups is 1. The van der Waals surface area contributed by atoms with Crippen LogP contribution in [0.3, 0.4) is 0 Å². The maximum absolute atomic E-state index is 14.9. The van der Waals surface area contributed by atoms with Gasteiger partial charge in [-0.05, 0) is 43.2 Å². The molecule has 0 fully saturated rings. The predicted molar refractivity (Wildman–Crippen MR) is 122 cm³/mol. The second-order valence-electron chi connectivity index (χ2n) is 8.46. The van der Waals surface area contributed by atoms with Crippen LogP contribution in [0, 0.1) is 17.1 Å². The number of esters is 1. The van der Waals surface area contributed by atoms with Crippen LogP contribution >= 0.6 is 0 Å². The van der Waals surface area contributed by atoms with Crippen LogP contribution in [0.4, 0.5) is 4.39 Å². The zero-order chi connectivity index (χ0) is 24.5. The van der Waals surface area contributed by atoms with Gasteiger partial charge < -0.3 is 24.1 Å². The highest BCUT2D eigenvalue weighted by Gasteiger charge is 2.32. The van der Waals surface area contributed by atoms with Crippen LogP contribution in [0.2, 0.25) is 0 Å². The summed E-state index contributed by atoms with van der Waals surface area (Å²) in [7, 11) is 1.36. The molecule has 1 aliphatic carbocycles. The summed E-state index contributed by atoms with van der Waals surface area (Å²) in [5.41, 5.74) is 2.20. The van der Waals surface area contributed by atoms with Crippen molar-refractivity contribution in [3.05, 3.63) is 76.6 Å². The second-order valence-corrected chi connectivity index (χ2v) is 8.46. The van der Waals surface area contributed by atoms with Gasteiger partial charge in [0, 0.05) is 34.7 Å². The molecule has 0 aromatic heterocycles. The Kier molecular flexibility index (Phi) is 5.91. The zero-order valence-electron chi connectivity index (χ0n) is 18.9. The Bertz CT molecular complexity index is 1350. The topological polar surface area (TPSA) is 98.0 Å². The van der Waals surface area contributed by atoms with Gasteiger partial charge in [0.2, 0.25) is 0 Å². The van der Waals surface area contributed by atoms with E-state index in [1.807, 2.05) is 12.1 Å². The molecular weight excluding hydrogens is 453 g/mol. The summed E-state index contributed by atoms with van der Waals surface area (Å²) in [6.07, 6.45) is 0.852. The fourth-order valence-corrected chi connectivity index (χ4v) is 4.60. The van der Waals surface area contributed by atoms with Crippen molar-refractivity contribution in [3.63, 3.8) is 0 Å². The van der Waals surface area contributed by atoms with Gasteiger partial charge in [0.05, 0.1) is 25.7 Å². The van der Waals surface area contributed by atoms with Gasteiger partial charge in [-0.25, -0.2) is 4.39 Å². The van der Waals surface area contributed by atoms with Crippen LogP contribution in [0.1, 0.15) is 47.1 Å². The first-order valence-electron chi connectivity index (χ1n) is 11.2. The monoisotopic (exact) mass is 475 g/mol. The van der Waals surface area contributed by atoms with Gasteiger partial charge in [0.15, 0.2) is 0 Å². The van der Waals surface area contributed by atoms with E-state index in [-0.39, 0.29) is 35.4 Å². The number of nitrogens with zero attached hydrogens (tertiary/aromatic N) is 1. The molecule has 0 unspecified atom stereocenters. The molecule has 7 nitrogen and oxygen atoms in total. The molecule has 0 radical (unpaired) electrons. The number of methoxy groups -OCH3 is 1. The molecular formula is C27H22FNO6. The Hall–Kier alpha value is -4.25. The third-order valence-electron chi connectivity index (χ3n) is 6.34. The number of carbonyl (C=O) groups excluding carboxylic acids is 1. The molecule has 3 aromatic carbocycles. The van der Waals surface area contributed by atoms with Crippen molar-refractivity contribution in [2.45, 2.75) is 31.3 Å². The number of carbonyl (C=O) groups is 1. The van der Waals surface area contributed by atoms with Crippen LogP contribution in [-0.2, 0) is 16.0 Å². The zero-order valence-corrected chi connectivity index (χ0v) is 18.9. The van der Waals surface area contributed by atoms with Crippen LogP contribution in [0.15, 0.2) is 48.5 Å². The average Bonchev–Trinajstić information content (AvgIpc) is 3.46. The Morgan fingerprint density at radius 2 is 2.03 bits per heavy atom. The number of benzene rings is 3. The summed E-state index contributed by atoms with van der Waals surface area (Å²) in [6, 6.07) is 14.6. The third-order valence-corrected chi connectivity index (χ3v) is 6.34. The van der Waals surface area contributed by atoms with Gasteiger partial charge in [-0.2, -0.15) is 5.26 Å². The molecule has 0 saturated carbocycles. The molecule has 178 valence electrons. The third kappa shape index (κ3) is 4.33. The largest absolute Gasteiger partial charge is 0.506 e. The number of fused-ring (bicyclic) bond motifs is 2. The first kappa shape index (κ1) is 22.5. The Balaban J connectivity index is 1.35. The maximum atomic E-state index is 14.9. The van der Waals surface area contributed by atoms with E-state index < -0.39 is 6.10 Å². The second kappa shape index (κ2) is 9.18. The van der Waals surface area contributed by atoms with Crippen molar-refractivity contribution in [1.29, 1.82) is 5.26 Å². The van der Waals surface area contributed by atoms with Crippen molar-refractivity contribution >= 4 is 5.97 Å². The van der Waals surface area contributed by atoms with Gasteiger partial charge in [0.25, 0.3) is 0 Å². The van der Waals surface area contributed by atoms with E-state index in [2.05, 4.69) is 0 Å². The minimum Gasteiger partial charge on any atom is -0.506 e.